The van der Waals surface area contributed by atoms with Crippen LogP contribution in [0.1, 0.15) is 12.3 Å². The molecule has 1 aliphatic rings. The first-order valence-electron chi connectivity index (χ1n) is 7.05. The third kappa shape index (κ3) is 3.31. The van der Waals surface area contributed by atoms with Gasteiger partial charge in [0.25, 0.3) is 5.89 Å². The van der Waals surface area contributed by atoms with E-state index in [1.165, 1.54) is 0 Å². The van der Waals surface area contributed by atoms with Gasteiger partial charge in [0.05, 0.1) is 18.9 Å². The molecular formula is C14H20N4O3. The van der Waals surface area contributed by atoms with Crippen molar-refractivity contribution in [3.63, 3.8) is 0 Å². The highest BCUT2D eigenvalue weighted by molar-refractivity contribution is 5.42. The van der Waals surface area contributed by atoms with Gasteiger partial charge in [0.1, 0.15) is 0 Å². The molecule has 0 saturated carbocycles. The van der Waals surface area contributed by atoms with Crippen molar-refractivity contribution in [2.45, 2.75) is 25.1 Å². The Kier molecular flexibility index (Phi) is 4.05. The molecule has 0 radical (unpaired) electrons. The lowest BCUT2D eigenvalue weighted by Crippen LogP contribution is -2.37. The Morgan fingerprint density at radius 2 is 2.29 bits per heavy atom. The van der Waals surface area contributed by atoms with Crippen LogP contribution >= 0.6 is 0 Å². The van der Waals surface area contributed by atoms with E-state index >= 15 is 0 Å². The lowest BCUT2D eigenvalue weighted by Gasteiger charge is -2.25. The summed E-state index contributed by atoms with van der Waals surface area (Å²) < 4.78 is 10.9. The standard InChI is InChI=1S/C14H20N4O3/c1-17(2)7-10-6-11(19)8-18(10)9-13-15-16-14(21-13)12-4-3-5-20-12/h3-5,10-11,19H,6-9H2,1-2H3. The van der Waals surface area contributed by atoms with Gasteiger partial charge >= 0.3 is 0 Å². The Hall–Kier alpha value is -1.70. The molecule has 1 fully saturated rings. The van der Waals surface area contributed by atoms with Gasteiger partial charge in [0.2, 0.25) is 5.89 Å². The molecule has 3 rings (SSSR count). The van der Waals surface area contributed by atoms with E-state index in [1.54, 1.807) is 18.4 Å². The first-order valence-corrected chi connectivity index (χ1v) is 7.05. The Morgan fingerprint density at radius 3 is 3.00 bits per heavy atom. The Balaban J connectivity index is 1.68. The molecule has 2 atom stereocenters. The third-order valence-electron chi connectivity index (χ3n) is 3.62. The minimum absolute atomic E-state index is 0.289. The van der Waals surface area contributed by atoms with E-state index in [1.807, 2.05) is 14.1 Å². The number of aliphatic hydroxyl groups excluding tert-OH is 1. The van der Waals surface area contributed by atoms with E-state index in [0.29, 0.717) is 36.7 Å². The van der Waals surface area contributed by atoms with Crippen molar-refractivity contribution < 1.29 is 13.9 Å². The summed E-state index contributed by atoms with van der Waals surface area (Å²) in [5.74, 6) is 1.50. The van der Waals surface area contributed by atoms with Crippen LogP contribution in [0.15, 0.2) is 27.2 Å². The normalized spacial score (nSPS) is 23.2. The van der Waals surface area contributed by atoms with E-state index < -0.39 is 0 Å². The molecule has 2 aromatic rings. The molecule has 1 aliphatic heterocycles. The quantitative estimate of drug-likeness (QED) is 0.874. The van der Waals surface area contributed by atoms with Crippen LogP contribution < -0.4 is 0 Å². The molecule has 0 bridgehead atoms. The highest BCUT2D eigenvalue weighted by atomic mass is 16.4. The molecule has 0 aliphatic carbocycles. The second-order valence-corrected chi connectivity index (χ2v) is 5.71. The van der Waals surface area contributed by atoms with Gasteiger partial charge in [-0.25, -0.2) is 0 Å². The van der Waals surface area contributed by atoms with Gasteiger partial charge in [0.15, 0.2) is 5.76 Å². The fraction of sp³-hybridized carbons (Fsp3) is 0.571. The molecule has 0 aromatic carbocycles. The summed E-state index contributed by atoms with van der Waals surface area (Å²) >= 11 is 0. The molecule has 0 spiro atoms. The summed E-state index contributed by atoms with van der Waals surface area (Å²) in [7, 11) is 4.06. The van der Waals surface area contributed by atoms with Crippen LogP contribution in [0.25, 0.3) is 11.7 Å². The number of furan rings is 1. The maximum absolute atomic E-state index is 9.87. The van der Waals surface area contributed by atoms with Crippen molar-refractivity contribution in [3.8, 4) is 11.7 Å². The third-order valence-corrected chi connectivity index (χ3v) is 3.62. The fourth-order valence-corrected chi connectivity index (χ4v) is 2.75. The van der Waals surface area contributed by atoms with Crippen molar-refractivity contribution in [1.82, 2.24) is 20.0 Å². The topological polar surface area (TPSA) is 78.8 Å². The van der Waals surface area contributed by atoms with E-state index in [9.17, 15) is 5.11 Å². The van der Waals surface area contributed by atoms with Gasteiger partial charge in [0, 0.05) is 19.1 Å². The van der Waals surface area contributed by atoms with Crippen LogP contribution in [0, 0.1) is 0 Å². The van der Waals surface area contributed by atoms with Gasteiger partial charge in [-0.3, -0.25) is 4.90 Å². The zero-order valence-corrected chi connectivity index (χ0v) is 12.3. The smallest absolute Gasteiger partial charge is 0.283 e. The summed E-state index contributed by atoms with van der Waals surface area (Å²) in [6.07, 6.45) is 2.06. The van der Waals surface area contributed by atoms with E-state index in [-0.39, 0.29) is 6.10 Å². The van der Waals surface area contributed by atoms with Crippen LogP contribution in [0.4, 0.5) is 0 Å². The molecular weight excluding hydrogens is 272 g/mol. The number of hydrogen-bond acceptors (Lipinski definition) is 7. The van der Waals surface area contributed by atoms with Gasteiger partial charge in [-0.15, -0.1) is 10.2 Å². The van der Waals surface area contributed by atoms with Crippen molar-refractivity contribution >= 4 is 0 Å². The predicted octanol–water partition coefficient (Wildman–Crippen LogP) is 0.826. The maximum Gasteiger partial charge on any atom is 0.283 e. The number of likely N-dealkylation sites (tertiary alicyclic amines) is 1. The minimum Gasteiger partial charge on any atom is -0.459 e. The number of nitrogens with zero attached hydrogens (tertiary/aromatic N) is 4. The number of hydrogen-bond donors (Lipinski definition) is 1. The number of β-amino-alcohol motifs (C(OH)–C–C–N with tert-alkyl or cyclic N) is 1. The number of rotatable bonds is 5. The SMILES string of the molecule is CN(C)CC1CC(O)CN1Cc1nnc(-c2ccco2)o1. The summed E-state index contributed by atoms with van der Waals surface area (Å²) in [6.45, 7) is 2.08. The highest BCUT2D eigenvalue weighted by Crippen LogP contribution is 2.23. The second kappa shape index (κ2) is 5.97. The molecule has 1 N–H and O–H groups in total. The lowest BCUT2D eigenvalue weighted by molar-refractivity contribution is 0.162. The molecule has 7 heteroatoms. The summed E-state index contributed by atoms with van der Waals surface area (Å²) in [4.78, 5) is 4.31. The molecule has 3 heterocycles. The average molecular weight is 292 g/mol. The molecule has 1 saturated heterocycles. The zero-order chi connectivity index (χ0) is 14.8. The largest absolute Gasteiger partial charge is 0.459 e. The average Bonchev–Trinajstić information content (AvgIpc) is 3.11. The van der Waals surface area contributed by atoms with Crippen molar-refractivity contribution in [2.24, 2.45) is 0 Å². The van der Waals surface area contributed by atoms with Crippen molar-refractivity contribution in [3.05, 3.63) is 24.3 Å². The maximum atomic E-state index is 9.87. The molecule has 21 heavy (non-hydrogen) atoms. The van der Waals surface area contributed by atoms with Crippen molar-refractivity contribution in [1.29, 1.82) is 0 Å². The number of aliphatic hydroxyl groups is 1. The van der Waals surface area contributed by atoms with Gasteiger partial charge in [-0.1, -0.05) is 0 Å². The van der Waals surface area contributed by atoms with Gasteiger partial charge < -0.3 is 18.8 Å². The first kappa shape index (κ1) is 14.2. The molecule has 0 amide bonds. The zero-order valence-electron chi connectivity index (χ0n) is 12.3. The summed E-state index contributed by atoms with van der Waals surface area (Å²) in [5, 5.41) is 17.9. The second-order valence-electron chi connectivity index (χ2n) is 5.71. The van der Waals surface area contributed by atoms with Crippen LogP contribution in [-0.2, 0) is 6.54 Å². The lowest BCUT2D eigenvalue weighted by atomic mass is 10.2. The van der Waals surface area contributed by atoms with Crippen LogP contribution in [-0.4, -0.2) is 64.4 Å². The minimum atomic E-state index is -0.289. The summed E-state index contributed by atoms with van der Waals surface area (Å²) in [5.41, 5.74) is 0. The highest BCUT2D eigenvalue weighted by Gasteiger charge is 2.32. The fourth-order valence-electron chi connectivity index (χ4n) is 2.75. The van der Waals surface area contributed by atoms with E-state index in [0.717, 1.165) is 13.0 Å². The molecule has 114 valence electrons. The molecule has 2 aromatic heterocycles. The first-order chi connectivity index (χ1) is 10.1. The van der Waals surface area contributed by atoms with Crippen molar-refractivity contribution in [2.75, 3.05) is 27.2 Å². The number of likely N-dealkylation sites (N-methyl/N-ethyl adjacent to an activating group) is 1. The van der Waals surface area contributed by atoms with E-state index in [4.69, 9.17) is 8.83 Å². The number of aromatic nitrogens is 2. The van der Waals surface area contributed by atoms with Crippen LogP contribution in [0.5, 0.6) is 0 Å². The molecule has 7 nitrogen and oxygen atoms in total. The van der Waals surface area contributed by atoms with Gasteiger partial charge in [-0.2, -0.15) is 0 Å². The Bertz CT molecular complexity index is 567. The molecule has 2 unspecified atom stereocenters. The van der Waals surface area contributed by atoms with Crippen LogP contribution in [0.3, 0.4) is 0 Å². The summed E-state index contributed by atoms with van der Waals surface area (Å²) in [6, 6.07) is 3.86. The van der Waals surface area contributed by atoms with Crippen LogP contribution in [0.2, 0.25) is 0 Å². The Morgan fingerprint density at radius 1 is 1.43 bits per heavy atom. The van der Waals surface area contributed by atoms with Gasteiger partial charge in [-0.05, 0) is 32.6 Å². The Labute approximate surface area is 123 Å². The monoisotopic (exact) mass is 292 g/mol. The predicted molar refractivity (Wildman–Crippen MR) is 75.4 cm³/mol. The van der Waals surface area contributed by atoms with E-state index in [2.05, 4.69) is 20.0 Å².